The highest BCUT2D eigenvalue weighted by Gasteiger charge is 2.55. The Labute approximate surface area is 126 Å². The average molecular weight is 285 g/mol. The molecule has 1 aromatic rings. The van der Waals surface area contributed by atoms with Gasteiger partial charge in [-0.15, -0.1) is 0 Å². The quantitative estimate of drug-likeness (QED) is 0.792. The molecule has 4 rings (SSSR count). The minimum atomic E-state index is 0.153. The van der Waals surface area contributed by atoms with Crippen LogP contribution < -0.4 is 4.74 Å². The summed E-state index contributed by atoms with van der Waals surface area (Å²) in [4.78, 5) is 2.49. The van der Waals surface area contributed by atoms with E-state index >= 15 is 0 Å². The van der Waals surface area contributed by atoms with Crippen molar-refractivity contribution < 1.29 is 9.47 Å². The SMILES string of the molecule is C=C1c2ccc(OC)cc2[C@]23CCN(C)[C@H]1[C@@H]2CCOC3. The number of nitrogens with zero attached hydrogens (tertiary/aromatic N) is 1. The Morgan fingerprint density at radius 3 is 3.10 bits per heavy atom. The Hall–Kier alpha value is -1.32. The largest absolute Gasteiger partial charge is 0.497 e. The highest BCUT2D eigenvalue weighted by Crippen LogP contribution is 2.55. The molecule has 112 valence electrons. The Morgan fingerprint density at radius 1 is 1.43 bits per heavy atom. The van der Waals surface area contributed by atoms with Crippen molar-refractivity contribution in [1.29, 1.82) is 0 Å². The van der Waals surface area contributed by atoms with Crippen LogP contribution in [0.4, 0.5) is 0 Å². The van der Waals surface area contributed by atoms with Crippen molar-refractivity contribution in [3.05, 3.63) is 35.9 Å². The maximum atomic E-state index is 5.93. The minimum Gasteiger partial charge on any atom is -0.497 e. The third-order valence-corrected chi connectivity index (χ3v) is 5.88. The average Bonchev–Trinajstić information content (AvgIpc) is 2.53. The van der Waals surface area contributed by atoms with Gasteiger partial charge in [-0.1, -0.05) is 12.6 Å². The van der Waals surface area contributed by atoms with Crippen LogP contribution in [-0.4, -0.2) is 44.9 Å². The summed E-state index contributed by atoms with van der Waals surface area (Å²) in [6.45, 7) is 7.28. The molecule has 0 amide bonds. The molecule has 2 aliphatic heterocycles. The number of hydrogen-bond acceptors (Lipinski definition) is 3. The highest BCUT2D eigenvalue weighted by molar-refractivity contribution is 5.76. The van der Waals surface area contributed by atoms with E-state index in [1.54, 1.807) is 7.11 Å². The van der Waals surface area contributed by atoms with Crippen LogP contribution in [0.5, 0.6) is 5.75 Å². The number of methoxy groups -OCH3 is 1. The molecule has 0 aromatic heterocycles. The van der Waals surface area contributed by atoms with E-state index in [1.807, 2.05) is 0 Å². The normalized spacial score (nSPS) is 35.0. The first-order valence-corrected chi connectivity index (χ1v) is 7.83. The zero-order valence-corrected chi connectivity index (χ0v) is 12.9. The lowest BCUT2D eigenvalue weighted by Crippen LogP contribution is -2.61. The van der Waals surface area contributed by atoms with Crippen LogP contribution in [0.1, 0.15) is 24.0 Å². The lowest BCUT2D eigenvalue weighted by molar-refractivity contribution is -0.0602. The molecule has 3 atom stereocenters. The molecular weight excluding hydrogens is 262 g/mol. The second-order valence-corrected chi connectivity index (χ2v) is 6.72. The Kier molecular flexibility index (Phi) is 2.92. The van der Waals surface area contributed by atoms with E-state index in [4.69, 9.17) is 9.47 Å². The number of likely N-dealkylation sites (tertiary alicyclic amines) is 1. The number of piperidine rings is 1. The van der Waals surface area contributed by atoms with Gasteiger partial charge in [-0.2, -0.15) is 0 Å². The van der Waals surface area contributed by atoms with Gasteiger partial charge in [0.1, 0.15) is 5.75 Å². The number of ether oxygens (including phenoxy) is 2. The Morgan fingerprint density at radius 2 is 2.29 bits per heavy atom. The van der Waals surface area contributed by atoms with E-state index in [-0.39, 0.29) is 5.41 Å². The molecule has 2 bridgehead atoms. The molecule has 0 saturated carbocycles. The number of fused-ring (bicyclic) bond motifs is 1. The van der Waals surface area contributed by atoms with Crippen LogP contribution in [0.2, 0.25) is 0 Å². The molecule has 3 heteroatoms. The summed E-state index contributed by atoms with van der Waals surface area (Å²) in [5.74, 6) is 1.56. The smallest absolute Gasteiger partial charge is 0.119 e. The lowest BCUT2D eigenvalue weighted by atomic mass is 9.55. The first-order valence-electron chi connectivity index (χ1n) is 7.83. The van der Waals surface area contributed by atoms with E-state index in [9.17, 15) is 0 Å². The molecule has 1 aliphatic carbocycles. The molecule has 0 spiro atoms. The number of hydrogen-bond donors (Lipinski definition) is 0. The van der Waals surface area contributed by atoms with Crippen LogP contribution in [-0.2, 0) is 10.2 Å². The highest BCUT2D eigenvalue weighted by atomic mass is 16.5. The predicted molar refractivity (Wildman–Crippen MR) is 83.7 cm³/mol. The molecular formula is C18H23NO2. The van der Waals surface area contributed by atoms with Gasteiger partial charge in [0.25, 0.3) is 0 Å². The van der Waals surface area contributed by atoms with Gasteiger partial charge in [0.05, 0.1) is 13.7 Å². The lowest BCUT2D eigenvalue weighted by Gasteiger charge is -2.58. The van der Waals surface area contributed by atoms with Gasteiger partial charge in [0, 0.05) is 18.1 Å². The fourth-order valence-electron chi connectivity index (χ4n) is 4.81. The molecule has 2 heterocycles. The minimum absolute atomic E-state index is 0.153. The fraction of sp³-hybridized carbons (Fsp3) is 0.556. The van der Waals surface area contributed by atoms with E-state index in [0.29, 0.717) is 12.0 Å². The molecule has 0 unspecified atom stereocenters. The van der Waals surface area contributed by atoms with E-state index in [0.717, 1.165) is 38.3 Å². The van der Waals surface area contributed by atoms with Crippen LogP contribution in [0.25, 0.3) is 5.57 Å². The van der Waals surface area contributed by atoms with Crippen molar-refractivity contribution >= 4 is 5.57 Å². The predicted octanol–water partition coefficient (Wildman–Crippen LogP) is 2.70. The van der Waals surface area contributed by atoms with Crippen molar-refractivity contribution in [2.24, 2.45) is 5.92 Å². The zero-order valence-electron chi connectivity index (χ0n) is 12.9. The molecule has 3 nitrogen and oxygen atoms in total. The Balaban J connectivity index is 1.95. The van der Waals surface area contributed by atoms with Gasteiger partial charge in [0.15, 0.2) is 0 Å². The molecule has 1 aromatic carbocycles. The van der Waals surface area contributed by atoms with Gasteiger partial charge in [-0.05, 0) is 61.2 Å². The summed E-state index contributed by atoms with van der Waals surface area (Å²) in [5.41, 5.74) is 4.15. The second-order valence-electron chi connectivity index (χ2n) is 6.72. The topological polar surface area (TPSA) is 21.7 Å². The van der Waals surface area contributed by atoms with E-state index in [2.05, 4.69) is 36.7 Å². The summed E-state index contributed by atoms with van der Waals surface area (Å²) in [5, 5.41) is 0. The maximum absolute atomic E-state index is 5.93. The third kappa shape index (κ3) is 1.68. The van der Waals surface area contributed by atoms with Crippen molar-refractivity contribution in [1.82, 2.24) is 4.90 Å². The first kappa shape index (κ1) is 13.4. The molecule has 3 aliphatic rings. The van der Waals surface area contributed by atoms with Gasteiger partial charge in [-0.25, -0.2) is 0 Å². The van der Waals surface area contributed by atoms with Crippen molar-refractivity contribution in [2.75, 3.05) is 33.9 Å². The van der Waals surface area contributed by atoms with Gasteiger partial charge < -0.3 is 9.47 Å². The maximum Gasteiger partial charge on any atom is 0.119 e. The number of benzene rings is 1. The van der Waals surface area contributed by atoms with Crippen LogP contribution in [0.15, 0.2) is 24.8 Å². The van der Waals surface area contributed by atoms with Crippen LogP contribution in [0.3, 0.4) is 0 Å². The van der Waals surface area contributed by atoms with Crippen molar-refractivity contribution in [2.45, 2.75) is 24.3 Å². The molecule has 2 saturated heterocycles. The van der Waals surface area contributed by atoms with Crippen LogP contribution >= 0.6 is 0 Å². The molecule has 0 radical (unpaired) electrons. The molecule has 0 N–H and O–H groups in total. The summed E-state index contributed by atoms with van der Waals surface area (Å²) in [7, 11) is 3.98. The number of rotatable bonds is 1. The van der Waals surface area contributed by atoms with Crippen molar-refractivity contribution in [3.8, 4) is 5.75 Å². The number of likely N-dealkylation sites (N-methyl/N-ethyl adjacent to an activating group) is 1. The first-order chi connectivity index (χ1) is 10.2. The molecule has 21 heavy (non-hydrogen) atoms. The van der Waals surface area contributed by atoms with Crippen LogP contribution in [0, 0.1) is 5.92 Å². The second kappa shape index (κ2) is 4.59. The van der Waals surface area contributed by atoms with E-state index in [1.165, 1.54) is 16.7 Å². The monoisotopic (exact) mass is 285 g/mol. The summed E-state index contributed by atoms with van der Waals surface area (Å²) < 4.78 is 11.4. The van der Waals surface area contributed by atoms with Crippen molar-refractivity contribution in [3.63, 3.8) is 0 Å². The zero-order chi connectivity index (χ0) is 14.6. The third-order valence-electron chi connectivity index (χ3n) is 5.88. The summed E-state index contributed by atoms with van der Waals surface area (Å²) in [6.07, 6.45) is 2.29. The van der Waals surface area contributed by atoms with Gasteiger partial charge in [0.2, 0.25) is 0 Å². The van der Waals surface area contributed by atoms with Gasteiger partial charge in [-0.3, -0.25) is 4.90 Å². The fourth-order valence-corrected chi connectivity index (χ4v) is 4.81. The molecule has 2 fully saturated rings. The summed E-state index contributed by atoms with van der Waals surface area (Å²) >= 11 is 0. The standard InChI is InChI=1S/C18H23NO2/c1-12-14-5-4-13(20-3)10-16(14)18-7-8-19(2)17(12)15(18)6-9-21-11-18/h4-5,10,15,17H,1,6-9,11H2,2-3H3/t15-,17+,18-/m0/s1. The van der Waals surface area contributed by atoms with Gasteiger partial charge >= 0.3 is 0 Å². The Bertz CT molecular complexity index is 597. The van der Waals surface area contributed by atoms with E-state index < -0.39 is 0 Å². The summed E-state index contributed by atoms with van der Waals surface area (Å²) in [6, 6.07) is 6.93.